The summed E-state index contributed by atoms with van der Waals surface area (Å²) in [6, 6.07) is 0.423. The van der Waals surface area contributed by atoms with Gasteiger partial charge in [0.05, 0.1) is 12.0 Å². The smallest absolute Gasteiger partial charge is 0.239 e. The minimum atomic E-state index is 0.0376. The first-order chi connectivity index (χ1) is 8.13. The van der Waals surface area contributed by atoms with Gasteiger partial charge in [-0.05, 0) is 6.42 Å². The molecule has 0 aliphatic heterocycles. The van der Waals surface area contributed by atoms with Crippen LogP contribution < -0.4 is 10.6 Å². The third-order valence-corrected chi connectivity index (χ3v) is 2.38. The van der Waals surface area contributed by atoms with Crippen molar-refractivity contribution in [2.24, 2.45) is 0 Å². The molecule has 0 bridgehead atoms. The number of carbonyl (C=O) groups is 1. The molecule has 0 saturated carbocycles. The summed E-state index contributed by atoms with van der Waals surface area (Å²) in [7, 11) is 0. The number of nitrogens with zero attached hydrogens (tertiary/aromatic N) is 2. The Morgan fingerprint density at radius 3 is 2.94 bits per heavy atom. The number of hydrogen-bond donors (Lipinski definition) is 2. The highest BCUT2D eigenvalue weighted by Crippen LogP contribution is 1.99. The highest BCUT2D eigenvalue weighted by molar-refractivity contribution is 5.75. The number of carbonyl (C=O) groups excluding carboxylic acids is 1. The quantitative estimate of drug-likeness (QED) is 0.742. The van der Waals surface area contributed by atoms with Crippen LogP contribution >= 0.6 is 0 Å². The van der Waals surface area contributed by atoms with Crippen molar-refractivity contribution in [2.75, 3.05) is 6.54 Å². The molecule has 0 radical (unpaired) electrons. The predicted octanol–water partition coefficient (Wildman–Crippen LogP) is 0.907. The van der Waals surface area contributed by atoms with Gasteiger partial charge in [0.1, 0.15) is 6.54 Å². The second-order valence-corrected chi connectivity index (χ2v) is 4.40. The van der Waals surface area contributed by atoms with E-state index in [-0.39, 0.29) is 5.91 Å². The zero-order valence-corrected chi connectivity index (χ0v) is 10.9. The first-order valence-corrected chi connectivity index (χ1v) is 6.12. The monoisotopic (exact) mass is 238 g/mol. The molecule has 5 heteroatoms. The summed E-state index contributed by atoms with van der Waals surface area (Å²) in [5.74, 6) is 0.0376. The fourth-order valence-electron chi connectivity index (χ4n) is 1.42. The van der Waals surface area contributed by atoms with Crippen molar-refractivity contribution in [3.05, 3.63) is 18.2 Å². The molecular weight excluding hydrogens is 216 g/mol. The van der Waals surface area contributed by atoms with Gasteiger partial charge < -0.3 is 15.2 Å². The molecule has 0 unspecified atom stereocenters. The summed E-state index contributed by atoms with van der Waals surface area (Å²) in [6.07, 6.45) is 4.45. The summed E-state index contributed by atoms with van der Waals surface area (Å²) in [5, 5.41) is 6.17. The zero-order valence-electron chi connectivity index (χ0n) is 10.9. The van der Waals surface area contributed by atoms with Gasteiger partial charge in [0.2, 0.25) is 5.91 Å². The molecule has 0 atom stereocenters. The van der Waals surface area contributed by atoms with Crippen LogP contribution in [0.3, 0.4) is 0 Å². The van der Waals surface area contributed by atoms with Crippen molar-refractivity contribution in [1.29, 1.82) is 0 Å². The summed E-state index contributed by atoms with van der Waals surface area (Å²) in [5.41, 5.74) is 1.03. The van der Waals surface area contributed by atoms with Crippen LogP contribution in [-0.2, 0) is 17.9 Å². The summed E-state index contributed by atoms with van der Waals surface area (Å²) in [6.45, 7) is 8.03. The normalized spacial score (nSPS) is 10.8. The van der Waals surface area contributed by atoms with Crippen LogP contribution in [0.15, 0.2) is 12.5 Å². The maximum Gasteiger partial charge on any atom is 0.239 e. The maximum absolute atomic E-state index is 11.6. The third-order valence-electron chi connectivity index (χ3n) is 2.38. The summed E-state index contributed by atoms with van der Waals surface area (Å²) >= 11 is 0. The van der Waals surface area contributed by atoms with Crippen LogP contribution in [0, 0.1) is 0 Å². The van der Waals surface area contributed by atoms with E-state index >= 15 is 0 Å². The molecule has 1 aromatic heterocycles. The van der Waals surface area contributed by atoms with Gasteiger partial charge in [-0.15, -0.1) is 0 Å². The van der Waals surface area contributed by atoms with E-state index in [1.54, 1.807) is 12.5 Å². The lowest BCUT2D eigenvalue weighted by atomic mass is 10.3. The van der Waals surface area contributed by atoms with Gasteiger partial charge in [0.25, 0.3) is 0 Å². The van der Waals surface area contributed by atoms with E-state index in [1.807, 2.05) is 11.5 Å². The van der Waals surface area contributed by atoms with Crippen LogP contribution in [0.2, 0.25) is 0 Å². The van der Waals surface area contributed by atoms with Crippen LogP contribution in [0.5, 0.6) is 0 Å². The van der Waals surface area contributed by atoms with E-state index in [0.29, 0.717) is 12.6 Å². The van der Waals surface area contributed by atoms with Gasteiger partial charge in [-0.3, -0.25) is 4.79 Å². The van der Waals surface area contributed by atoms with Crippen molar-refractivity contribution in [1.82, 2.24) is 20.2 Å². The lowest BCUT2D eigenvalue weighted by molar-refractivity contribution is -0.121. The maximum atomic E-state index is 11.6. The average Bonchev–Trinajstić information content (AvgIpc) is 2.71. The molecule has 96 valence electrons. The Morgan fingerprint density at radius 2 is 2.29 bits per heavy atom. The van der Waals surface area contributed by atoms with E-state index < -0.39 is 0 Å². The van der Waals surface area contributed by atoms with E-state index in [0.717, 1.165) is 25.2 Å². The van der Waals surface area contributed by atoms with Crippen molar-refractivity contribution in [3.63, 3.8) is 0 Å². The van der Waals surface area contributed by atoms with Crippen LogP contribution in [0.25, 0.3) is 0 Å². The Hall–Kier alpha value is -1.36. The Kier molecular flexibility index (Phi) is 5.69. The fraction of sp³-hybridized carbons (Fsp3) is 0.667. The third kappa shape index (κ3) is 4.99. The first kappa shape index (κ1) is 13.7. The Bertz CT molecular complexity index is 346. The standard InChI is InChI=1S/C12H22N4O/c1-4-5-14-12(17)8-16-9-13-6-11(16)7-15-10(2)3/h6,9-10,15H,4-5,7-8H2,1-3H3,(H,14,17). The van der Waals surface area contributed by atoms with E-state index in [1.165, 1.54) is 0 Å². The van der Waals surface area contributed by atoms with Gasteiger partial charge in [0.15, 0.2) is 0 Å². The highest BCUT2D eigenvalue weighted by atomic mass is 16.1. The molecule has 0 saturated heterocycles. The molecule has 0 spiro atoms. The van der Waals surface area contributed by atoms with Gasteiger partial charge in [0, 0.05) is 25.3 Å². The molecular formula is C12H22N4O. The SMILES string of the molecule is CCCNC(=O)Cn1cncc1CNC(C)C. The second-order valence-electron chi connectivity index (χ2n) is 4.40. The van der Waals surface area contributed by atoms with Crippen LogP contribution in [0.1, 0.15) is 32.9 Å². The van der Waals surface area contributed by atoms with E-state index in [9.17, 15) is 4.79 Å². The van der Waals surface area contributed by atoms with Gasteiger partial charge in [-0.25, -0.2) is 4.98 Å². The van der Waals surface area contributed by atoms with E-state index in [2.05, 4.69) is 29.5 Å². The number of hydrogen-bond acceptors (Lipinski definition) is 3. The lowest BCUT2D eigenvalue weighted by Crippen LogP contribution is -2.29. The molecule has 5 nitrogen and oxygen atoms in total. The van der Waals surface area contributed by atoms with Crippen LogP contribution in [0.4, 0.5) is 0 Å². The molecule has 0 aliphatic rings. The molecule has 2 N–H and O–H groups in total. The van der Waals surface area contributed by atoms with Crippen molar-refractivity contribution >= 4 is 5.91 Å². The van der Waals surface area contributed by atoms with Gasteiger partial charge in [-0.2, -0.15) is 0 Å². The minimum absolute atomic E-state index is 0.0376. The molecule has 0 aromatic carbocycles. The van der Waals surface area contributed by atoms with Crippen molar-refractivity contribution in [3.8, 4) is 0 Å². The second kappa shape index (κ2) is 7.06. The largest absolute Gasteiger partial charge is 0.355 e. The van der Waals surface area contributed by atoms with Gasteiger partial charge in [-0.1, -0.05) is 20.8 Å². The molecule has 1 heterocycles. The molecule has 1 rings (SSSR count). The minimum Gasteiger partial charge on any atom is -0.355 e. The number of imidazole rings is 1. The molecule has 1 amide bonds. The number of nitrogens with one attached hydrogen (secondary N) is 2. The number of aromatic nitrogens is 2. The Labute approximate surface area is 103 Å². The van der Waals surface area contributed by atoms with Crippen LogP contribution in [-0.4, -0.2) is 28.0 Å². The Morgan fingerprint density at radius 1 is 1.53 bits per heavy atom. The lowest BCUT2D eigenvalue weighted by Gasteiger charge is -2.11. The average molecular weight is 238 g/mol. The topological polar surface area (TPSA) is 59.0 Å². The number of amides is 1. The van der Waals surface area contributed by atoms with E-state index in [4.69, 9.17) is 0 Å². The Balaban J connectivity index is 2.47. The highest BCUT2D eigenvalue weighted by Gasteiger charge is 2.06. The van der Waals surface area contributed by atoms with Gasteiger partial charge >= 0.3 is 0 Å². The number of rotatable bonds is 7. The first-order valence-electron chi connectivity index (χ1n) is 6.12. The molecule has 17 heavy (non-hydrogen) atoms. The fourth-order valence-corrected chi connectivity index (χ4v) is 1.42. The predicted molar refractivity (Wildman–Crippen MR) is 67.5 cm³/mol. The summed E-state index contributed by atoms with van der Waals surface area (Å²) < 4.78 is 1.88. The molecule has 1 aromatic rings. The van der Waals surface area contributed by atoms with Crippen molar-refractivity contribution < 1.29 is 4.79 Å². The molecule has 0 fully saturated rings. The zero-order chi connectivity index (χ0) is 12.7. The van der Waals surface area contributed by atoms with Crippen molar-refractivity contribution in [2.45, 2.75) is 46.3 Å². The summed E-state index contributed by atoms with van der Waals surface area (Å²) in [4.78, 5) is 15.7. The molecule has 0 aliphatic carbocycles.